The molecule has 0 spiro atoms. The van der Waals surface area contributed by atoms with Crippen molar-refractivity contribution >= 4 is 49.8 Å². The molecule has 0 bridgehead atoms. The van der Waals surface area contributed by atoms with Crippen LogP contribution >= 0.6 is 27.3 Å². The molecule has 0 fully saturated rings. The fourth-order valence-corrected chi connectivity index (χ4v) is 3.68. The van der Waals surface area contributed by atoms with Gasteiger partial charge in [0.2, 0.25) is 0 Å². The minimum Gasteiger partial charge on any atom is -0.323 e. The zero-order chi connectivity index (χ0) is 15.8. The predicted molar refractivity (Wildman–Crippen MR) is 97.2 cm³/mol. The second-order valence-electron chi connectivity index (χ2n) is 5.10. The Balaban J connectivity index is 1.86. The third-order valence-corrected chi connectivity index (χ3v) is 5.03. The zero-order valence-electron chi connectivity index (χ0n) is 12.2. The van der Waals surface area contributed by atoms with Gasteiger partial charge in [-0.3, -0.25) is 5.10 Å². The quantitative estimate of drug-likeness (QED) is 0.526. The molecule has 0 aliphatic carbocycles. The molecule has 23 heavy (non-hydrogen) atoms. The summed E-state index contributed by atoms with van der Waals surface area (Å²) in [7, 11) is 0. The van der Waals surface area contributed by atoms with Crippen molar-refractivity contribution in [1.29, 1.82) is 0 Å². The van der Waals surface area contributed by atoms with Crippen molar-refractivity contribution in [2.45, 2.75) is 6.92 Å². The number of aromatic amines is 1. The topological polar surface area (TPSA) is 66.5 Å². The van der Waals surface area contributed by atoms with Crippen molar-refractivity contribution < 1.29 is 0 Å². The van der Waals surface area contributed by atoms with Crippen LogP contribution in [0.25, 0.3) is 21.6 Å². The molecule has 4 aromatic rings. The van der Waals surface area contributed by atoms with E-state index in [4.69, 9.17) is 4.98 Å². The Morgan fingerprint density at radius 2 is 2.04 bits per heavy atom. The Kier molecular flexibility index (Phi) is 3.59. The number of hydrogen-bond acceptors (Lipinski definition) is 5. The van der Waals surface area contributed by atoms with E-state index in [-0.39, 0.29) is 0 Å². The zero-order valence-corrected chi connectivity index (χ0v) is 14.6. The highest BCUT2D eigenvalue weighted by Gasteiger charge is 2.12. The summed E-state index contributed by atoms with van der Waals surface area (Å²) in [6, 6.07) is 11.9. The van der Waals surface area contributed by atoms with Gasteiger partial charge in [0.25, 0.3) is 0 Å². The largest absolute Gasteiger partial charge is 0.323 e. The summed E-state index contributed by atoms with van der Waals surface area (Å²) in [6.45, 7) is 1.96. The van der Waals surface area contributed by atoms with Crippen molar-refractivity contribution in [2.24, 2.45) is 0 Å². The molecule has 0 aliphatic heterocycles. The summed E-state index contributed by atoms with van der Waals surface area (Å²) in [5.74, 6) is 2.19. The highest BCUT2D eigenvalue weighted by molar-refractivity contribution is 9.10. The fraction of sp³-hybridized carbons (Fsp3) is 0.0625. The van der Waals surface area contributed by atoms with E-state index in [0.29, 0.717) is 5.82 Å². The molecule has 1 aromatic carbocycles. The van der Waals surface area contributed by atoms with E-state index in [2.05, 4.69) is 36.4 Å². The first-order chi connectivity index (χ1) is 11.2. The number of hydrogen-bond donors (Lipinski definition) is 2. The molecule has 114 valence electrons. The Morgan fingerprint density at radius 3 is 2.78 bits per heavy atom. The van der Waals surface area contributed by atoms with Gasteiger partial charge in [0.05, 0.1) is 10.4 Å². The molecule has 0 saturated carbocycles. The minimum absolute atomic E-state index is 0.703. The number of H-pyrrole nitrogens is 1. The van der Waals surface area contributed by atoms with Gasteiger partial charge in [-0.05, 0) is 41.1 Å². The van der Waals surface area contributed by atoms with Crippen LogP contribution < -0.4 is 5.32 Å². The lowest BCUT2D eigenvalue weighted by Gasteiger charge is -2.08. The summed E-state index contributed by atoms with van der Waals surface area (Å²) >= 11 is 5.09. The molecule has 3 aromatic heterocycles. The summed E-state index contributed by atoms with van der Waals surface area (Å²) in [6.07, 6.45) is 0. The number of nitrogens with one attached hydrogen (secondary N) is 2. The molecule has 0 atom stereocenters. The van der Waals surface area contributed by atoms with Gasteiger partial charge in [0, 0.05) is 27.0 Å². The lowest BCUT2D eigenvalue weighted by molar-refractivity contribution is 1.05. The van der Waals surface area contributed by atoms with Crippen molar-refractivity contribution in [3.63, 3.8) is 0 Å². The summed E-state index contributed by atoms with van der Waals surface area (Å²) < 4.78 is 1.03. The van der Waals surface area contributed by atoms with Gasteiger partial charge in [0.15, 0.2) is 11.6 Å². The van der Waals surface area contributed by atoms with Crippen molar-refractivity contribution in [1.82, 2.24) is 20.2 Å². The Bertz CT molecular complexity index is 991. The number of anilines is 2. The van der Waals surface area contributed by atoms with Crippen LogP contribution in [0.5, 0.6) is 0 Å². The maximum atomic E-state index is 4.70. The van der Waals surface area contributed by atoms with Crippen LogP contribution in [-0.2, 0) is 0 Å². The minimum atomic E-state index is 0.703. The molecule has 7 heteroatoms. The van der Waals surface area contributed by atoms with Crippen LogP contribution in [0.1, 0.15) is 5.69 Å². The number of aromatic nitrogens is 4. The van der Waals surface area contributed by atoms with Gasteiger partial charge in [-0.1, -0.05) is 12.1 Å². The highest BCUT2D eigenvalue weighted by Crippen LogP contribution is 2.31. The molecule has 0 saturated heterocycles. The van der Waals surface area contributed by atoms with Crippen LogP contribution in [0, 0.1) is 6.92 Å². The molecular formula is C16H12BrN5S. The average molecular weight is 386 g/mol. The van der Waals surface area contributed by atoms with E-state index in [1.165, 1.54) is 0 Å². The smallest absolute Gasteiger partial charge is 0.172 e. The molecule has 3 heterocycles. The van der Waals surface area contributed by atoms with Gasteiger partial charge in [-0.2, -0.15) is 5.10 Å². The van der Waals surface area contributed by atoms with Crippen LogP contribution in [0.3, 0.4) is 0 Å². The lowest BCUT2D eigenvalue weighted by atomic mass is 10.2. The molecule has 2 N–H and O–H groups in total. The second kappa shape index (κ2) is 5.75. The Morgan fingerprint density at radius 1 is 1.17 bits per heavy atom. The fourth-order valence-electron chi connectivity index (χ4n) is 2.32. The van der Waals surface area contributed by atoms with Crippen LogP contribution in [0.4, 0.5) is 11.6 Å². The SMILES string of the molecule is Cc1cc(Nc2nc(-c3cc(Br)cs3)nc3ccccc23)n[nH]1. The first-order valence-electron chi connectivity index (χ1n) is 6.99. The number of halogens is 1. The van der Waals surface area contributed by atoms with Crippen LogP contribution in [0.2, 0.25) is 0 Å². The van der Waals surface area contributed by atoms with Gasteiger partial charge >= 0.3 is 0 Å². The van der Waals surface area contributed by atoms with E-state index in [1.807, 2.05) is 48.7 Å². The van der Waals surface area contributed by atoms with E-state index in [1.54, 1.807) is 11.3 Å². The third kappa shape index (κ3) is 2.85. The van der Waals surface area contributed by atoms with E-state index in [0.717, 1.165) is 37.6 Å². The summed E-state index contributed by atoms with van der Waals surface area (Å²) in [5, 5.41) is 13.4. The molecular weight excluding hydrogens is 374 g/mol. The number of rotatable bonds is 3. The molecule has 0 radical (unpaired) electrons. The van der Waals surface area contributed by atoms with Gasteiger partial charge < -0.3 is 5.32 Å². The molecule has 0 amide bonds. The second-order valence-corrected chi connectivity index (χ2v) is 6.93. The van der Waals surface area contributed by atoms with Crippen molar-refractivity contribution in [3.05, 3.63) is 51.9 Å². The first kappa shape index (κ1) is 14.3. The van der Waals surface area contributed by atoms with Crippen LogP contribution in [0.15, 0.2) is 46.3 Å². The summed E-state index contributed by atoms with van der Waals surface area (Å²) in [5.41, 5.74) is 1.89. The van der Waals surface area contributed by atoms with Gasteiger partial charge in [-0.15, -0.1) is 11.3 Å². The molecule has 0 aliphatic rings. The standard InChI is InChI=1S/C16H12BrN5S/c1-9-6-14(22-21-9)19-15-11-4-2-3-5-12(11)18-16(20-15)13-7-10(17)8-23-13/h2-8H,1H3,(H2,18,19,20,21,22). The van der Waals surface area contributed by atoms with Crippen molar-refractivity contribution in [3.8, 4) is 10.7 Å². The normalized spacial score (nSPS) is 11.0. The first-order valence-corrected chi connectivity index (χ1v) is 8.66. The number of thiophene rings is 1. The van der Waals surface area contributed by atoms with Crippen LogP contribution in [-0.4, -0.2) is 20.2 Å². The van der Waals surface area contributed by atoms with Gasteiger partial charge in [0.1, 0.15) is 5.82 Å². The highest BCUT2D eigenvalue weighted by atomic mass is 79.9. The van der Waals surface area contributed by atoms with E-state index >= 15 is 0 Å². The number of para-hydroxylation sites is 1. The monoisotopic (exact) mass is 385 g/mol. The summed E-state index contributed by atoms with van der Waals surface area (Å²) in [4.78, 5) is 10.4. The lowest BCUT2D eigenvalue weighted by Crippen LogP contribution is -1.99. The molecule has 0 unspecified atom stereocenters. The van der Waals surface area contributed by atoms with Crippen molar-refractivity contribution in [2.75, 3.05) is 5.32 Å². The number of benzene rings is 1. The number of fused-ring (bicyclic) bond motifs is 1. The third-order valence-electron chi connectivity index (χ3n) is 3.34. The Hall–Kier alpha value is -2.25. The maximum Gasteiger partial charge on any atom is 0.172 e. The predicted octanol–water partition coefficient (Wildman–Crippen LogP) is 4.90. The number of nitrogens with zero attached hydrogens (tertiary/aromatic N) is 3. The molecule has 5 nitrogen and oxygen atoms in total. The van der Waals surface area contributed by atoms with Gasteiger partial charge in [-0.25, -0.2) is 9.97 Å². The average Bonchev–Trinajstić information content (AvgIpc) is 3.16. The Labute approximate surface area is 144 Å². The number of aryl methyl sites for hydroxylation is 1. The van der Waals surface area contributed by atoms with E-state index in [9.17, 15) is 0 Å². The molecule has 4 rings (SSSR count). The maximum absolute atomic E-state index is 4.70. The van der Waals surface area contributed by atoms with E-state index < -0.39 is 0 Å².